The first kappa shape index (κ1) is 15.6. The molecule has 0 unspecified atom stereocenters. The molecule has 1 aromatic heterocycles. The van der Waals surface area contributed by atoms with Gasteiger partial charge in [-0.2, -0.15) is 0 Å². The molecule has 0 radical (unpaired) electrons. The van der Waals surface area contributed by atoms with E-state index in [4.69, 9.17) is 4.52 Å². The molecular weight excluding hydrogens is 284 g/mol. The van der Waals surface area contributed by atoms with Crippen LogP contribution in [0.15, 0.2) is 34.9 Å². The first-order valence-electron chi connectivity index (χ1n) is 6.94. The third-order valence-electron chi connectivity index (χ3n) is 3.28. The fraction of sp³-hybridized carbons (Fsp3) is 0.375. The lowest BCUT2D eigenvalue weighted by molar-refractivity contribution is -0.126. The van der Waals surface area contributed by atoms with E-state index < -0.39 is 0 Å². The number of aromatic nitrogens is 1. The average molecular weight is 304 g/mol. The van der Waals surface area contributed by atoms with Crippen molar-refractivity contribution < 1.29 is 9.32 Å². The Morgan fingerprint density at radius 3 is 2.71 bits per heavy atom. The Hall–Kier alpha value is -1.75. The molecule has 0 N–H and O–H groups in total. The Morgan fingerprint density at radius 2 is 2.05 bits per heavy atom. The van der Waals surface area contributed by atoms with E-state index in [9.17, 15) is 4.79 Å². The fourth-order valence-electron chi connectivity index (χ4n) is 1.77. The van der Waals surface area contributed by atoms with Gasteiger partial charge in [-0.15, -0.1) is 11.8 Å². The molecule has 4 nitrogen and oxygen atoms in total. The standard InChI is InChI=1S/C16H20N2O2S/c1-4-18(3)16(19)11-21-10-14-9-15(17-20-14)13-7-5-12(2)6-8-13/h5-9H,4,10-11H2,1-3H3. The van der Waals surface area contributed by atoms with Crippen molar-refractivity contribution in [3.8, 4) is 11.3 Å². The van der Waals surface area contributed by atoms with Gasteiger partial charge in [0.25, 0.3) is 0 Å². The Bertz CT molecular complexity index is 593. The quantitative estimate of drug-likeness (QED) is 0.821. The Kier molecular flexibility index (Phi) is 5.44. The number of nitrogens with zero attached hydrogens (tertiary/aromatic N) is 2. The summed E-state index contributed by atoms with van der Waals surface area (Å²) in [6.45, 7) is 4.76. The minimum absolute atomic E-state index is 0.140. The van der Waals surface area contributed by atoms with Gasteiger partial charge in [0.15, 0.2) is 0 Å². The lowest BCUT2D eigenvalue weighted by Crippen LogP contribution is -2.27. The van der Waals surface area contributed by atoms with Crippen molar-refractivity contribution >= 4 is 17.7 Å². The molecular formula is C16H20N2O2S. The van der Waals surface area contributed by atoms with E-state index in [0.29, 0.717) is 11.5 Å². The van der Waals surface area contributed by atoms with Crippen LogP contribution in [0.1, 0.15) is 18.2 Å². The van der Waals surface area contributed by atoms with Crippen molar-refractivity contribution in [2.75, 3.05) is 19.3 Å². The van der Waals surface area contributed by atoms with Crippen molar-refractivity contribution in [1.29, 1.82) is 0 Å². The monoisotopic (exact) mass is 304 g/mol. The van der Waals surface area contributed by atoms with Gasteiger partial charge in [0, 0.05) is 25.2 Å². The normalized spacial score (nSPS) is 10.6. The molecule has 112 valence electrons. The molecule has 21 heavy (non-hydrogen) atoms. The number of carbonyl (C=O) groups is 1. The van der Waals surface area contributed by atoms with Gasteiger partial charge in [0.05, 0.1) is 11.5 Å². The molecule has 0 bridgehead atoms. The largest absolute Gasteiger partial charge is 0.360 e. The molecule has 2 aromatic rings. The zero-order chi connectivity index (χ0) is 15.2. The SMILES string of the molecule is CCN(C)C(=O)CSCc1cc(-c2ccc(C)cc2)no1. The lowest BCUT2D eigenvalue weighted by Gasteiger charge is -2.13. The topological polar surface area (TPSA) is 46.3 Å². The molecule has 1 heterocycles. The number of hydrogen-bond donors (Lipinski definition) is 0. The zero-order valence-corrected chi connectivity index (χ0v) is 13.4. The molecule has 0 fully saturated rings. The summed E-state index contributed by atoms with van der Waals surface area (Å²) in [5.41, 5.74) is 3.10. The summed E-state index contributed by atoms with van der Waals surface area (Å²) in [5, 5.41) is 4.08. The molecule has 2 rings (SSSR count). The zero-order valence-electron chi connectivity index (χ0n) is 12.6. The van der Waals surface area contributed by atoms with Gasteiger partial charge in [0.2, 0.25) is 5.91 Å². The molecule has 0 saturated heterocycles. The van der Waals surface area contributed by atoms with Crippen LogP contribution >= 0.6 is 11.8 Å². The highest BCUT2D eigenvalue weighted by Crippen LogP contribution is 2.22. The average Bonchev–Trinajstić information content (AvgIpc) is 2.95. The number of carbonyl (C=O) groups excluding carboxylic acids is 1. The maximum atomic E-state index is 11.7. The van der Waals surface area contributed by atoms with Crippen molar-refractivity contribution in [1.82, 2.24) is 10.1 Å². The summed E-state index contributed by atoms with van der Waals surface area (Å²) in [6.07, 6.45) is 0. The van der Waals surface area contributed by atoms with E-state index in [1.165, 1.54) is 5.56 Å². The minimum atomic E-state index is 0.140. The number of benzene rings is 1. The second kappa shape index (κ2) is 7.31. The van der Waals surface area contributed by atoms with Crippen LogP contribution < -0.4 is 0 Å². The van der Waals surface area contributed by atoms with Crippen molar-refractivity contribution in [3.63, 3.8) is 0 Å². The molecule has 5 heteroatoms. The Morgan fingerprint density at radius 1 is 1.33 bits per heavy atom. The third-order valence-corrected chi connectivity index (χ3v) is 4.22. The van der Waals surface area contributed by atoms with Crippen molar-refractivity contribution in [2.45, 2.75) is 19.6 Å². The molecule has 0 aliphatic rings. The highest BCUT2D eigenvalue weighted by Gasteiger charge is 2.09. The van der Waals surface area contributed by atoms with E-state index in [1.54, 1.807) is 16.7 Å². The molecule has 1 aromatic carbocycles. The second-order valence-electron chi connectivity index (χ2n) is 4.95. The van der Waals surface area contributed by atoms with Gasteiger partial charge in [-0.3, -0.25) is 4.79 Å². The van der Waals surface area contributed by atoms with E-state index in [0.717, 1.165) is 23.6 Å². The van der Waals surface area contributed by atoms with Crippen LogP contribution in [0.25, 0.3) is 11.3 Å². The highest BCUT2D eigenvalue weighted by atomic mass is 32.2. The summed E-state index contributed by atoms with van der Waals surface area (Å²) < 4.78 is 5.32. The maximum Gasteiger partial charge on any atom is 0.232 e. The Balaban J connectivity index is 1.89. The van der Waals surface area contributed by atoms with Gasteiger partial charge in [0.1, 0.15) is 11.5 Å². The first-order chi connectivity index (χ1) is 10.1. The summed E-state index contributed by atoms with van der Waals surface area (Å²) in [7, 11) is 1.81. The molecule has 0 aliphatic carbocycles. The molecule has 0 atom stereocenters. The highest BCUT2D eigenvalue weighted by molar-refractivity contribution is 7.99. The van der Waals surface area contributed by atoms with Gasteiger partial charge in [-0.1, -0.05) is 35.0 Å². The van der Waals surface area contributed by atoms with Gasteiger partial charge >= 0.3 is 0 Å². The number of thioether (sulfide) groups is 1. The minimum Gasteiger partial charge on any atom is -0.360 e. The smallest absolute Gasteiger partial charge is 0.232 e. The molecule has 1 amide bonds. The summed E-state index contributed by atoms with van der Waals surface area (Å²) in [4.78, 5) is 13.4. The van der Waals surface area contributed by atoms with Crippen LogP contribution in [0.5, 0.6) is 0 Å². The van der Waals surface area contributed by atoms with E-state index >= 15 is 0 Å². The van der Waals surface area contributed by atoms with Gasteiger partial charge in [-0.25, -0.2) is 0 Å². The van der Waals surface area contributed by atoms with Crippen molar-refractivity contribution in [3.05, 3.63) is 41.7 Å². The van der Waals surface area contributed by atoms with Gasteiger partial charge < -0.3 is 9.42 Å². The fourth-order valence-corrected chi connectivity index (χ4v) is 2.60. The number of aryl methyl sites for hydroxylation is 1. The van der Waals surface area contributed by atoms with E-state index in [2.05, 4.69) is 24.2 Å². The van der Waals surface area contributed by atoms with Crippen LogP contribution in [0, 0.1) is 6.92 Å². The van der Waals surface area contributed by atoms with Crippen LogP contribution in [-0.4, -0.2) is 35.3 Å². The summed E-state index contributed by atoms with van der Waals surface area (Å²) in [5.74, 6) is 2.05. The van der Waals surface area contributed by atoms with Crippen LogP contribution in [-0.2, 0) is 10.5 Å². The van der Waals surface area contributed by atoms with E-state index in [1.807, 2.05) is 32.2 Å². The maximum absolute atomic E-state index is 11.7. The van der Waals surface area contributed by atoms with Crippen molar-refractivity contribution in [2.24, 2.45) is 0 Å². The summed E-state index contributed by atoms with van der Waals surface area (Å²) >= 11 is 1.54. The first-order valence-corrected chi connectivity index (χ1v) is 8.10. The predicted octanol–water partition coefficient (Wildman–Crippen LogP) is 3.36. The van der Waals surface area contributed by atoms with Crippen LogP contribution in [0.4, 0.5) is 0 Å². The lowest BCUT2D eigenvalue weighted by atomic mass is 10.1. The van der Waals surface area contributed by atoms with Gasteiger partial charge in [-0.05, 0) is 13.8 Å². The van der Waals surface area contributed by atoms with E-state index in [-0.39, 0.29) is 5.91 Å². The molecule has 0 saturated carbocycles. The predicted molar refractivity (Wildman–Crippen MR) is 86.1 cm³/mol. The number of rotatable bonds is 6. The van der Waals surface area contributed by atoms with Crippen LogP contribution in [0.2, 0.25) is 0 Å². The van der Waals surface area contributed by atoms with Crippen LogP contribution in [0.3, 0.4) is 0 Å². The molecule has 0 spiro atoms. The Labute approximate surface area is 129 Å². The number of hydrogen-bond acceptors (Lipinski definition) is 4. The third kappa shape index (κ3) is 4.36. The molecule has 0 aliphatic heterocycles. The summed E-state index contributed by atoms with van der Waals surface area (Å²) in [6, 6.07) is 10.1. The number of amides is 1. The second-order valence-corrected chi connectivity index (χ2v) is 5.93.